The summed E-state index contributed by atoms with van der Waals surface area (Å²) in [6.07, 6.45) is 2.91. The molecule has 1 aliphatic carbocycles. The SMILES string of the molecule is Cc1cn(CC2(O)CCC(S(N)(=O)=O)CC2)nc1C(N)=O. The fourth-order valence-corrected chi connectivity index (χ4v) is 3.66. The molecule has 9 heteroatoms. The summed E-state index contributed by atoms with van der Waals surface area (Å²) < 4.78 is 24.1. The third-order valence-corrected chi connectivity index (χ3v) is 5.36. The van der Waals surface area contributed by atoms with Crippen molar-refractivity contribution in [3.8, 4) is 0 Å². The number of aliphatic hydroxyl groups is 1. The highest BCUT2D eigenvalue weighted by molar-refractivity contribution is 7.89. The quantitative estimate of drug-likeness (QED) is 0.670. The van der Waals surface area contributed by atoms with Crippen LogP contribution in [0.2, 0.25) is 0 Å². The van der Waals surface area contributed by atoms with Crippen LogP contribution in [0, 0.1) is 6.92 Å². The minimum Gasteiger partial charge on any atom is -0.388 e. The van der Waals surface area contributed by atoms with Crippen molar-refractivity contribution < 1.29 is 18.3 Å². The van der Waals surface area contributed by atoms with E-state index in [9.17, 15) is 18.3 Å². The van der Waals surface area contributed by atoms with E-state index in [0.717, 1.165) is 0 Å². The monoisotopic (exact) mass is 316 g/mol. The zero-order chi connectivity index (χ0) is 15.8. The molecule has 0 spiro atoms. The molecule has 0 unspecified atom stereocenters. The minimum atomic E-state index is -3.56. The van der Waals surface area contributed by atoms with Crippen LogP contribution in [-0.4, -0.2) is 40.1 Å². The van der Waals surface area contributed by atoms with Crippen molar-refractivity contribution in [3.05, 3.63) is 17.5 Å². The van der Waals surface area contributed by atoms with Crippen LogP contribution in [0.25, 0.3) is 0 Å². The molecule has 0 saturated heterocycles. The van der Waals surface area contributed by atoms with Gasteiger partial charge in [-0.25, -0.2) is 13.6 Å². The molecule has 5 N–H and O–H groups in total. The molecule has 1 heterocycles. The molecule has 1 fully saturated rings. The van der Waals surface area contributed by atoms with Gasteiger partial charge in [0, 0.05) is 11.8 Å². The topological polar surface area (TPSA) is 141 Å². The summed E-state index contributed by atoms with van der Waals surface area (Å²) in [7, 11) is -3.56. The Morgan fingerprint density at radius 3 is 2.52 bits per heavy atom. The first-order valence-electron chi connectivity index (χ1n) is 6.69. The fraction of sp³-hybridized carbons (Fsp3) is 0.667. The number of carbonyl (C=O) groups is 1. The van der Waals surface area contributed by atoms with E-state index in [0.29, 0.717) is 31.2 Å². The van der Waals surface area contributed by atoms with E-state index >= 15 is 0 Å². The van der Waals surface area contributed by atoms with E-state index in [1.165, 1.54) is 4.68 Å². The first kappa shape index (κ1) is 15.9. The van der Waals surface area contributed by atoms with Gasteiger partial charge in [-0.1, -0.05) is 0 Å². The van der Waals surface area contributed by atoms with Gasteiger partial charge in [0.1, 0.15) is 0 Å². The van der Waals surface area contributed by atoms with Crippen LogP contribution >= 0.6 is 0 Å². The molecule has 0 bridgehead atoms. The van der Waals surface area contributed by atoms with Crippen LogP contribution in [0.5, 0.6) is 0 Å². The average molecular weight is 316 g/mol. The first-order valence-corrected chi connectivity index (χ1v) is 8.29. The van der Waals surface area contributed by atoms with Gasteiger partial charge in [-0.05, 0) is 32.6 Å². The lowest BCUT2D eigenvalue weighted by atomic mass is 9.84. The van der Waals surface area contributed by atoms with Gasteiger partial charge in [-0.15, -0.1) is 0 Å². The second-order valence-electron chi connectivity index (χ2n) is 5.74. The zero-order valence-corrected chi connectivity index (χ0v) is 12.6. The number of sulfonamides is 1. The third kappa shape index (κ3) is 3.60. The van der Waals surface area contributed by atoms with Crippen molar-refractivity contribution in [3.63, 3.8) is 0 Å². The number of primary sulfonamides is 1. The first-order chi connectivity index (χ1) is 9.61. The minimum absolute atomic E-state index is 0.178. The van der Waals surface area contributed by atoms with E-state index in [1.807, 2.05) is 0 Å². The summed E-state index contributed by atoms with van der Waals surface area (Å²) in [6.45, 7) is 1.91. The third-order valence-electron chi connectivity index (χ3n) is 3.96. The van der Waals surface area contributed by atoms with Gasteiger partial charge in [-0.3, -0.25) is 9.48 Å². The Bertz CT molecular complexity index is 644. The van der Waals surface area contributed by atoms with Crippen molar-refractivity contribution in [2.45, 2.75) is 50.0 Å². The maximum atomic E-state index is 11.3. The summed E-state index contributed by atoms with van der Waals surface area (Å²) in [5, 5.41) is 19.1. The number of nitrogens with zero attached hydrogens (tertiary/aromatic N) is 2. The molecule has 0 aromatic carbocycles. The molecule has 1 amide bonds. The van der Waals surface area contributed by atoms with Crippen molar-refractivity contribution in [1.29, 1.82) is 0 Å². The molecule has 0 radical (unpaired) electrons. The van der Waals surface area contributed by atoms with E-state index in [-0.39, 0.29) is 12.2 Å². The number of carbonyl (C=O) groups excluding carboxylic acids is 1. The number of aromatic nitrogens is 2. The van der Waals surface area contributed by atoms with E-state index in [2.05, 4.69) is 5.10 Å². The lowest BCUT2D eigenvalue weighted by Gasteiger charge is -2.35. The van der Waals surface area contributed by atoms with Gasteiger partial charge < -0.3 is 10.8 Å². The summed E-state index contributed by atoms with van der Waals surface area (Å²) in [6, 6.07) is 0. The predicted molar refractivity (Wildman–Crippen MR) is 75.8 cm³/mol. The number of aryl methyl sites for hydroxylation is 1. The number of hydrogen-bond acceptors (Lipinski definition) is 5. The molecular weight excluding hydrogens is 296 g/mol. The van der Waals surface area contributed by atoms with Crippen LogP contribution in [-0.2, 0) is 16.6 Å². The van der Waals surface area contributed by atoms with Crippen LogP contribution in [0.4, 0.5) is 0 Å². The average Bonchev–Trinajstić information content (AvgIpc) is 2.68. The normalized spacial score (nSPS) is 26.7. The number of hydrogen-bond donors (Lipinski definition) is 3. The maximum absolute atomic E-state index is 11.3. The molecule has 1 aromatic heterocycles. The predicted octanol–water partition coefficient (Wildman–Crippen LogP) is -0.747. The molecule has 1 saturated carbocycles. The highest BCUT2D eigenvalue weighted by Gasteiger charge is 2.37. The molecular formula is C12H20N4O4S. The highest BCUT2D eigenvalue weighted by atomic mass is 32.2. The number of amides is 1. The van der Waals surface area contributed by atoms with Crippen molar-refractivity contribution in [2.24, 2.45) is 10.9 Å². The molecule has 118 valence electrons. The van der Waals surface area contributed by atoms with Crippen LogP contribution in [0.3, 0.4) is 0 Å². The van der Waals surface area contributed by atoms with Crippen molar-refractivity contribution >= 4 is 15.9 Å². The second-order valence-corrected chi connectivity index (χ2v) is 7.58. The van der Waals surface area contributed by atoms with Crippen molar-refractivity contribution in [2.75, 3.05) is 0 Å². The van der Waals surface area contributed by atoms with Gasteiger partial charge >= 0.3 is 0 Å². The fourth-order valence-electron chi connectivity index (χ4n) is 2.76. The Balaban J connectivity index is 2.07. The Hall–Kier alpha value is -1.45. The van der Waals surface area contributed by atoms with Gasteiger partial charge in [0.05, 0.1) is 17.4 Å². The summed E-state index contributed by atoms with van der Waals surface area (Å²) in [5.41, 5.74) is 4.98. The Kier molecular flexibility index (Phi) is 4.09. The Morgan fingerprint density at radius 1 is 1.52 bits per heavy atom. The van der Waals surface area contributed by atoms with E-state index in [4.69, 9.17) is 10.9 Å². The largest absolute Gasteiger partial charge is 0.388 e. The van der Waals surface area contributed by atoms with Crippen LogP contribution in [0.1, 0.15) is 41.7 Å². The zero-order valence-electron chi connectivity index (χ0n) is 11.8. The molecule has 8 nitrogen and oxygen atoms in total. The molecule has 21 heavy (non-hydrogen) atoms. The lowest BCUT2D eigenvalue weighted by molar-refractivity contribution is -0.0135. The highest BCUT2D eigenvalue weighted by Crippen LogP contribution is 2.32. The molecule has 0 aliphatic heterocycles. The van der Waals surface area contributed by atoms with Crippen LogP contribution in [0.15, 0.2) is 6.20 Å². The summed E-state index contributed by atoms with van der Waals surface area (Å²) >= 11 is 0. The van der Waals surface area contributed by atoms with Crippen molar-refractivity contribution in [1.82, 2.24) is 9.78 Å². The molecule has 2 rings (SSSR count). The Labute approximate surface area is 123 Å². The lowest BCUT2D eigenvalue weighted by Crippen LogP contribution is -2.43. The smallest absolute Gasteiger partial charge is 0.269 e. The molecule has 1 aliphatic rings. The van der Waals surface area contributed by atoms with Gasteiger partial charge in [0.15, 0.2) is 5.69 Å². The number of primary amides is 1. The van der Waals surface area contributed by atoms with Crippen LogP contribution < -0.4 is 10.9 Å². The molecule has 0 atom stereocenters. The Morgan fingerprint density at radius 2 is 2.10 bits per heavy atom. The number of rotatable bonds is 4. The summed E-state index contributed by atoms with van der Waals surface area (Å²) in [4.78, 5) is 11.2. The van der Waals surface area contributed by atoms with E-state index < -0.39 is 26.8 Å². The maximum Gasteiger partial charge on any atom is 0.269 e. The molecule has 1 aromatic rings. The summed E-state index contributed by atoms with van der Waals surface area (Å²) in [5.74, 6) is -0.615. The second kappa shape index (κ2) is 5.39. The van der Waals surface area contributed by atoms with Gasteiger partial charge in [0.2, 0.25) is 10.0 Å². The van der Waals surface area contributed by atoms with E-state index in [1.54, 1.807) is 13.1 Å². The number of nitrogens with two attached hydrogens (primary N) is 2. The standard InChI is InChI=1S/C12H20N4O4S/c1-8-6-16(15-10(8)11(13)17)7-12(18)4-2-9(3-5-12)21(14,19)20/h6,9,18H,2-5,7H2,1H3,(H2,13,17)(H2,14,19,20). The van der Waals surface area contributed by atoms with Gasteiger partial charge in [0.25, 0.3) is 5.91 Å². The van der Waals surface area contributed by atoms with Gasteiger partial charge in [-0.2, -0.15) is 5.10 Å².